The first-order valence-electron chi connectivity index (χ1n) is 4.64. The predicted octanol–water partition coefficient (Wildman–Crippen LogP) is 1.09. The Morgan fingerprint density at radius 3 is 2.15 bits per heavy atom. The van der Waals surface area contributed by atoms with Gasteiger partial charge < -0.3 is 10.0 Å². The van der Waals surface area contributed by atoms with Gasteiger partial charge in [0, 0.05) is 17.9 Å². The fourth-order valence-corrected chi connectivity index (χ4v) is 1.49. The molecule has 0 aromatic rings. The zero-order chi connectivity index (χ0) is 10.0. The second-order valence-electron chi connectivity index (χ2n) is 3.75. The van der Waals surface area contributed by atoms with E-state index in [4.69, 9.17) is 0 Å². The molecule has 0 unspecified atom stereocenters. The third kappa shape index (κ3) is 2.44. The molecule has 13 heavy (non-hydrogen) atoms. The van der Waals surface area contributed by atoms with E-state index in [-0.39, 0.29) is 6.10 Å². The van der Waals surface area contributed by atoms with Gasteiger partial charge in [0.2, 0.25) is 0 Å². The summed E-state index contributed by atoms with van der Waals surface area (Å²) in [5.41, 5.74) is 0. The third-order valence-electron chi connectivity index (χ3n) is 2.56. The monoisotopic (exact) mass is 180 g/mol. The largest absolute Gasteiger partial charge is 0.393 e. The van der Waals surface area contributed by atoms with E-state index < -0.39 is 0 Å². The summed E-state index contributed by atoms with van der Waals surface area (Å²) in [5.74, 6) is 2.27. The summed E-state index contributed by atoms with van der Waals surface area (Å²) in [5, 5.41) is 9.51. The average Bonchev–Trinajstić information content (AvgIpc) is 2.50. The zero-order valence-corrected chi connectivity index (χ0v) is 8.78. The fraction of sp³-hybridized carbons (Fsp3) is 0.545. The molecule has 0 aromatic carbocycles. The zero-order valence-electron chi connectivity index (χ0n) is 8.78. The molecule has 1 aliphatic rings. The molecule has 0 aliphatic heterocycles. The van der Waals surface area contributed by atoms with Crippen LogP contribution < -0.4 is 0 Å². The standard InChI is InChI=1S/C11H18NO/c1-8(12(3)4)10-6-5-7-11(10)9(2)13/h5-9,13H,1-4H3/t8-,9-/m0/s1. The van der Waals surface area contributed by atoms with Crippen molar-refractivity contribution in [3.05, 3.63) is 31.1 Å². The van der Waals surface area contributed by atoms with Crippen LogP contribution in [-0.2, 0) is 0 Å². The summed E-state index contributed by atoms with van der Waals surface area (Å²) >= 11 is 0. The van der Waals surface area contributed by atoms with Crippen LogP contribution in [0.25, 0.3) is 0 Å². The van der Waals surface area contributed by atoms with Crippen molar-refractivity contribution in [3.63, 3.8) is 0 Å². The van der Waals surface area contributed by atoms with Gasteiger partial charge in [0.25, 0.3) is 0 Å². The fourth-order valence-electron chi connectivity index (χ4n) is 1.49. The lowest BCUT2D eigenvalue weighted by Crippen LogP contribution is -2.35. The molecular weight excluding hydrogens is 162 g/mol. The van der Waals surface area contributed by atoms with Crippen LogP contribution >= 0.6 is 0 Å². The van der Waals surface area contributed by atoms with Crippen molar-refractivity contribution < 1.29 is 5.11 Å². The quantitative estimate of drug-likeness (QED) is 0.703. The molecule has 1 aliphatic carbocycles. The van der Waals surface area contributed by atoms with Gasteiger partial charge >= 0.3 is 0 Å². The van der Waals surface area contributed by atoms with Crippen molar-refractivity contribution in [3.8, 4) is 0 Å². The minimum Gasteiger partial charge on any atom is -0.393 e. The summed E-state index contributed by atoms with van der Waals surface area (Å²) in [6, 6.07) is 0.361. The minimum absolute atomic E-state index is 0.361. The van der Waals surface area contributed by atoms with Crippen LogP contribution in [0.3, 0.4) is 0 Å². The van der Waals surface area contributed by atoms with Gasteiger partial charge in [-0.15, -0.1) is 0 Å². The first kappa shape index (κ1) is 11.0. The van der Waals surface area contributed by atoms with E-state index in [9.17, 15) is 5.11 Å². The predicted molar refractivity (Wildman–Crippen MR) is 54.2 cm³/mol. The Bertz CT molecular complexity index is 156. The highest BCUT2D eigenvalue weighted by atomic mass is 16.3. The molecule has 0 saturated heterocycles. The maximum absolute atomic E-state index is 9.51. The van der Waals surface area contributed by atoms with Gasteiger partial charge in [0.15, 0.2) is 0 Å². The normalized spacial score (nSPS) is 25.4. The molecular formula is C11H18NO. The topological polar surface area (TPSA) is 23.5 Å². The molecule has 0 spiro atoms. The van der Waals surface area contributed by atoms with Crippen LogP contribution in [0, 0.1) is 31.1 Å². The van der Waals surface area contributed by atoms with E-state index in [1.165, 1.54) is 5.92 Å². The maximum atomic E-state index is 9.51. The Hall–Kier alpha value is -0.0800. The second-order valence-corrected chi connectivity index (χ2v) is 3.75. The molecule has 2 nitrogen and oxygen atoms in total. The molecule has 2 heteroatoms. The maximum Gasteiger partial charge on any atom is 0.0584 e. The van der Waals surface area contributed by atoms with Gasteiger partial charge in [0.05, 0.1) is 6.10 Å². The van der Waals surface area contributed by atoms with Gasteiger partial charge in [-0.1, -0.05) is 0 Å². The molecule has 73 valence electrons. The lowest BCUT2D eigenvalue weighted by Gasteiger charge is -2.30. The van der Waals surface area contributed by atoms with Gasteiger partial charge in [0.1, 0.15) is 0 Å². The highest BCUT2D eigenvalue weighted by Crippen LogP contribution is 2.38. The van der Waals surface area contributed by atoms with Crippen LogP contribution in [0.4, 0.5) is 0 Å². The van der Waals surface area contributed by atoms with E-state index in [0.29, 0.717) is 6.04 Å². The van der Waals surface area contributed by atoms with Crippen molar-refractivity contribution in [2.45, 2.75) is 26.0 Å². The number of hydrogen-bond donors (Lipinski definition) is 1. The molecule has 0 aromatic heterocycles. The molecule has 1 N–H and O–H groups in total. The highest BCUT2D eigenvalue weighted by molar-refractivity contribution is 5.47. The molecule has 0 bridgehead atoms. The summed E-state index contributed by atoms with van der Waals surface area (Å²) in [6.07, 6.45) is 5.69. The van der Waals surface area contributed by atoms with Crippen LogP contribution in [0.15, 0.2) is 0 Å². The molecule has 1 rings (SSSR count). The van der Waals surface area contributed by atoms with E-state index >= 15 is 0 Å². The van der Waals surface area contributed by atoms with Crippen molar-refractivity contribution in [1.29, 1.82) is 0 Å². The first-order chi connectivity index (χ1) is 6.04. The summed E-state index contributed by atoms with van der Waals surface area (Å²) in [6.45, 7) is 3.95. The Balaban J connectivity index is 2.57. The lowest BCUT2D eigenvalue weighted by molar-refractivity contribution is 0.205. The third-order valence-corrected chi connectivity index (χ3v) is 2.56. The first-order valence-corrected chi connectivity index (χ1v) is 4.64. The smallest absolute Gasteiger partial charge is 0.0584 e. The SMILES string of the molecule is C[C@H](O)[C]1[CH][CH][CH][C]1[C@H](C)N(C)C. The van der Waals surface area contributed by atoms with Crippen molar-refractivity contribution in [2.75, 3.05) is 14.1 Å². The lowest BCUT2D eigenvalue weighted by atomic mass is 9.86. The molecule has 5 radical (unpaired) electrons. The molecule has 2 atom stereocenters. The Morgan fingerprint density at radius 1 is 1.15 bits per heavy atom. The van der Waals surface area contributed by atoms with Gasteiger partial charge in [-0.25, -0.2) is 0 Å². The molecule has 1 saturated carbocycles. The number of hydrogen-bond acceptors (Lipinski definition) is 2. The van der Waals surface area contributed by atoms with Crippen molar-refractivity contribution in [1.82, 2.24) is 4.90 Å². The Labute approximate surface area is 81.9 Å². The van der Waals surface area contributed by atoms with E-state index in [0.717, 1.165) is 5.92 Å². The number of nitrogens with zero attached hydrogens (tertiary/aromatic N) is 1. The van der Waals surface area contributed by atoms with Crippen molar-refractivity contribution >= 4 is 0 Å². The number of aliphatic hydroxyl groups is 1. The summed E-state index contributed by atoms with van der Waals surface area (Å²) in [4.78, 5) is 2.14. The number of rotatable bonds is 3. The number of aliphatic hydroxyl groups excluding tert-OH is 1. The second kappa shape index (κ2) is 4.43. The highest BCUT2D eigenvalue weighted by Gasteiger charge is 2.36. The van der Waals surface area contributed by atoms with Crippen molar-refractivity contribution in [2.24, 2.45) is 0 Å². The van der Waals surface area contributed by atoms with E-state index in [1.807, 2.05) is 26.9 Å². The van der Waals surface area contributed by atoms with Gasteiger partial charge in [-0.3, -0.25) is 0 Å². The molecule has 0 heterocycles. The molecule has 0 amide bonds. The Morgan fingerprint density at radius 2 is 1.69 bits per heavy atom. The van der Waals surface area contributed by atoms with Crippen LogP contribution in [0.2, 0.25) is 0 Å². The van der Waals surface area contributed by atoms with Crippen LogP contribution in [-0.4, -0.2) is 36.2 Å². The minimum atomic E-state index is -0.368. The summed E-state index contributed by atoms with van der Waals surface area (Å²) in [7, 11) is 4.09. The average molecular weight is 180 g/mol. The Kier molecular flexibility index (Phi) is 3.74. The van der Waals surface area contributed by atoms with Gasteiger partial charge in [-0.2, -0.15) is 0 Å². The summed E-state index contributed by atoms with van der Waals surface area (Å²) < 4.78 is 0. The van der Waals surface area contributed by atoms with Gasteiger partial charge in [-0.05, 0) is 47.2 Å². The molecule has 1 fully saturated rings. The van der Waals surface area contributed by atoms with E-state index in [2.05, 4.69) is 18.2 Å². The van der Waals surface area contributed by atoms with Crippen LogP contribution in [0.1, 0.15) is 13.8 Å². The van der Waals surface area contributed by atoms with E-state index in [1.54, 1.807) is 6.92 Å². The van der Waals surface area contributed by atoms with Crippen LogP contribution in [0.5, 0.6) is 0 Å².